The van der Waals surface area contributed by atoms with Gasteiger partial charge in [0.2, 0.25) is 0 Å². The van der Waals surface area contributed by atoms with Crippen LogP contribution >= 0.6 is 0 Å². The van der Waals surface area contributed by atoms with Crippen LogP contribution in [0.15, 0.2) is 60.5 Å². The second-order valence-electron chi connectivity index (χ2n) is 5.45. The molecule has 2 aromatic heterocycles. The number of benzene rings is 2. The highest BCUT2D eigenvalue weighted by Gasteiger charge is 2.17. The Morgan fingerprint density at radius 1 is 0.720 bits per heavy atom. The average molecular weight is 356 g/mol. The summed E-state index contributed by atoms with van der Waals surface area (Å²) >= 11 is 0. The van der Waals surface area contributed by atoms with Crippen molar-refractivity contribution < 1.29 is 8.42 Å². The molecule has 0 spiro atoms. The van der Waals surface area contributed by atoms with Crippen molar-refractivity contribution in [3.8, 4) is 5.69 Å². The number of nitrogens with one attached hydrogen (secondary N) is 1. The maximum absolute atomic E-state index is 12.6. The summed E-state index contributed by atoms with van der Waals surface area (Å²) in [5, 5.41) is 0.135. The van der Waals surface area contributed by atoms with Crippen LogP contribution in [0.5, 0.6) is 0 Å². The van der Waals surface area contributed by atoms with E-state index in [9.17, 15) is 27.6 Å². The van der Waals surface area contributed by atoms with Gasteiger partial charge in [0.15, 0.2) is 10.7 Å². The van der Waals surface area contributed by atoms with E-state index in [0.29, 0.717) is 0 Å². The molecule has 0 atom stereocenters. The first-order valence-electron chi connectivity index (χ1n) is 7.05. The van der Waals surface area contributed by atoms with E-state index in [1.807, 2.05) is 0 Å². The van der Waals surface area contributed by atoms with Crippen LogP contribution in [0.2, 0.25) is 0 Å². The van der Waals surface area contributed by atoms with Gasteiger partial charge in [-0.3, -0.25) is 24.2 Å². The van der Waals surface area contributed by atoms with Crippen molar-refractivity contribution in [2.45, 2.75) is 4.90 Å². The largest absolute Gasteiger partial charge is 0.288 e. The van der Waals surface area contributed by atoms with E-state index in [4.69, 9.17) is 0 Å². The molecule has 2 heterocycles. The number of hydrogen-bond acceptors (Lipinski definition) is 6. The van der Waals surface area contributed by atoms with E-state index in [-0.39, 0.29) is 32.1 Å². The molecule has 0 bridgehead atoms. The van der Waals surface area contributed by atoms with Crippen molar-refractivity contribution >= 4 is 32.2 Å². The molecule has 4 aromatic rings. The van der Waals surface area contributed by atoms with Crippen molar-refractivity contribution in [1.29, 1.82) is 0 Å². The van der Waals surface area contributed by atoms with Gasteiger partial charge in [0.25, 0.3) is 22.2 Å². The standard InChI is InChI=1S/C16H8N2O6S/c19-13-9-5-11-12(6-10(9)14(20)17-13)16(22)18(15(11)21)7-1-3-8(4-2-7)25(23)24/h1-6,25H,(H,17,19,20). The van der Waals surface area contributed by atoms with Crippen LogP contribution < -0.4 is 22.2 Å². The number of hydrogen-bond donors (Lipinski definition) is 2. The number of thiol groups is 1. The Bertz CT molecular complexity index is 1360. The molecular formula is C16H8N2O6S. The SMILES string of the molecule is O=c1[nH]c(=O)c2cc3c(=O)n(-c4ccc([SH](=O)=O)cc4)c(=O)c3cc12. The van der Waals surface area contributed by atoms with Gasteiger partial charge in [-0.1, -0.05) is 0 Å². The van der Waals surface area contributed by atoms with Gasteiger partial charge < -0.3 is 0 Å². The fourth-order valence-electron chi connectivity index (χ4n) is 2.86. The van der Waals surface area contributed by atoms with Gasteiger partial charge in [-0.05, 0) is 36.4 Å². The lowest BCUT2D eigenvalue weighted by Gasteiger charge is -1.99. The molecule has 0 aliphatic heterocycles. The number of nitrogens with zero attached hydrogens (tertiary/aromatic N) is 1. The lowest BCUT2D eigenvalue weighted by atomic mass is 10.1. The molecule has 0 aliphatic rings. The molecule has 0 radical (unpaired) electrons. The number of aromatic amines is 1. The minimum atomic E-state index is -2.77. The minimum absolute atomic E-state index is 0.0209. The number of aromatic nitrogens is 2. The maximum atomic E-state index is 12.6. The quantitative estimate of drug-likeness (QED) is 0.462. The molecule has 2 aromatic carbocycles. The van der Waals surface area contributed by atoms with Crippen molar-refractivity contribution in [3.63, 3.8) is 0 Å². The summed E-state index contributed by atoms with van der Waals surface area (Å²) in [4.78, 5) is 50.8. The third-order valence-electron chi connectivity index (χ3n) is 4.06. The average Bonchev–Trinajstić information content (AvgIpc) is 3.01. The van der Waals surface area contributed by atoms with E-state index >= 15 is 0 Å². The van der Waals surface area contributed by atoms with Gasteiger partial charge in [-0.2, -0.15) is 0 Å². The third kappa shape index (κ3) is 2.09. The summed E-state index contributed by atoms with van der Waals surface area (Å²) < 4.78 is 22.8. The van der Waals surface area contributed by atoms with E-state index in [0.717, 1.165) is 4.57 Å². The zero-order valence-electron chi connectivity index (χ0n) is 12.3. The summed E-state index contributed by atoms with van der Waals surface area (Å²) in [5.74, 6) is 0. The highest BCUT2D eigenvalue weighted by Crippen LogP contribution is 2.15. The zero-order chi connectivity index (χ0) is 17.9. The topological polar surface area (TPSA) is 123 Å². The Balaban J connectivity index is 2.08. The normalized spacial score (nSPS) is 11.7. The van der Waals surface area contributed by atoms with Gasteiger partial charge in [0.1, 0.15) is 0 Å². The molecule has 9 heteroatoms. The maximum Gasteiger partial charge on any atom is 0.266 e. The highest BCUT2D eigenvalue weighted by atomic mass is 32.2. The molecule has 0 fully saturated rings. The van der Waals surface area contributed by atoms with Crippen LogP contribution in [-0.4, -0.2) is 18.0 Å². The monoisotopic (exact) mass is 356 g/mol. The first kappa shape index (κ1) is 15.2. The predicted octanol–water partition coefficient (Wildman–Crippen LogP) is -0.602. The Hall–Kier alpha value is -3.33. The first-order chi connectivity index (χ1) is 11.9. The summed E-state index contributed by atoms with van der Waals surface area (Å²) in [6.45, 7) is 0. The lowest BCUT2D eigenvalue weighted by Crippen LogP contribution is -2.23. The number of rotatable bonds is 2. The number of fused-ring (bicyclic) bond motifs is 2. The second kappa shape index (κ2) is 5.08. The van der Waals surface area contributed by atoms with Gasteiger partial charge in [0.05, 0.1) is 32.1 Å². The van der Waals surface area contributed by atoms with Crippen molar-refractivity contribution in [2.75, 3.05) is 0 Å². The summed E-state index contributed by atoms with van der Waals surface area (Å²) in [7, 11) is -2.77. The zero-order valence-corrected chi connectivity index (χ0v) is 13.2. The van der Waals surface area contributed by atoms with Crippen LogP contribution in [0.4, 0.5) is 0 Å². The fourth-order valence-corrected chi connectivity index (χ4v) is 3.25. The van der Waals surface area contributed by atoms with Gasteiger partial charge in [-0.15, -0.1) is 0 Å². The second-order valence-corrected chi connectivity index (χ2v) is 6.48. The van der Waals surface area contributed by atoms with Crippen molar-refractivity contribution in [2.24, 2.45) is 0 Å². The molecule has 0 aliphatic carbocycles. The minimum Gasteiger partial charge on any atom is -0.288 e. The Labute approximate surface area is 139 Å². The Morgan fingerprint density at radius 2 is 1.20 bits per heavy atom. The molecule has 1 N–H and O–H groups in total. The Morgan fingerprint density at radius 3 is 1.64 bits per heavy atom. The van der Waals surface area contributed by atoms with E-state index in [2.05, 4.69) is 4.98 Å². The molecular weight excluding hydrogens is 348 g/mol. The first-order valence-corrected chi connectivity index (χ1v) is 8.23. The summed E-state index contributed by atoms with van der Waals surface area (Å²) in [5.41, 5.74) is -2.33. The van der Waals surface area contributed by atoms with Crippen LogP contribution in [0, 0.1) is 0 Å². The molecule has 8 nitrogen and oxygen atoms in total. The Kier molecular flexibility index (Phi) is 3.09. The molecule has 0 amide bonds. The van der Waals surface area contributed by atoms with Crippen LogP contribution in [-0.2, 0) is 10.7 Å². The summed E-state index contributed by atoms with van der Waals surface area (Å²) in [6.07, 6.45) is 0. The molecule has 0 unspecified atom stereocenters. The predicted molar refractivity (Wildman–Crippen MR) is 91.2 cm³/mol. The smallest absolute Gasteiger partial charge is 0.266 e. The van der Waals surface area contributed by atoms with E-state index in [1.54, 1.807) is 0 Å². The molecule has 25 heavy (non-hydrogen) atoms. The van der Waals surface area contributed by atoms with Crippen molar-refractivity contribution in [1.82, 2.24) is 9.55 Å². The molecule has 4 rings (SSSR count). The number of H-pyrrole nitrogens is 1. The lowest BCUT2D eigenvalue weighted by molar-refractivity contribution is 0.614. The van der Waals surface area contributed by atoms with Gasteiger partial charge in [0, 0.05) is 0 Å². The molecule has 0 saturated carbocycles. The fraction of sp³-hybridized carbons (Fsp3) is 0. The van der Waals surface area contributed by atoms with Crippen LogP contribution in [0.3, 0.4) is 0 Å². The van der Waals surface area contributed by atoms with E-state index in [1.165, 1.54) is 36.4 Å². The van der Waals surface area contributed by atoms with Crippen molar-refractivity contribution in [3.05, 3.63) is 77.8 Å². The highest BCUT2D eigenvalue weighted by molar-refractivity contribution is 7.72. The van der Waals surface area contributed by atoms with Gasteiger partial charge in [-0.25, -0.2) is 13.0 Å². The van der Waals surface area contributed by atoms with E-state index < -0.39 is 32.9 Å². The summed E-state index contributed by atoms with van der Waals surface area (Å²) in [6, 6.07) is 7.70. The van der Waals surface area contributed by atoms with Gasteiger partial charge >= 0.3 is 0 Å². The van der Waals surface area contributed by atoms with Crippen LogP contribution in [0.1, 0.15) is 0 Å². The van der Waals surface area contributed by atoms with Crippen LogP contribution in [0.25, 0.3) is 27.2 Å². The third-order valence-corrected chi connectivity index (χ3v) is 4.78. The molecule has 124 valence electrons. The molecule has 0 saturated heterocycles.